The molecule has 7 heteroatoms. The molecule has 1 aromatic carbocycles. The van der Waals surface area contributed by atoms with Crippen LogP contribution in [0.5, 0.6) is 0 Å². The average Bonchev–Trinajstić information content (AvgIpc) is 2.96. The van der Waals surface area contributed by atoms with Crippen LogP contribution >= 0.6 is 0 Å². The van der Waals surface area contributed by atoms with Gasteiger partial charge in [-0.3, -0.25) is 4.98 Å². The molecule has 0 atom stereocenters. The van der Waals surface area contributed by atoms with Crippen LogP contribution in [0.1, 0.15) is 33.3 Å². The molecule has 0 saturated heterocycles. The summed E-state index contributed by atoms with van der Waals surface area (Å²) in [5.74, 6) is 0.0548. The molecule has 0 aliphatic carbocycles. The summed E-state index contributed by atoms with van der Waals surface area (Å²) in [6, 6.07) is 6.89. The Morgan fingerprint density at radius 1 is 1.14 bits per heavy atom. The van der Waals surface area contributed by atoms with Crippen molar-refractivity contribution in [3.8, 4) is 11.1 Å². The van der Waals surface area contributed by atoms with Gasteiger partial charge in [0.25, 0.3) is 0 Å². The van der Waals surface area contributed by atoms with Crippen LogP contribution in [0.4, 0.5) is 4.39 Å². The lowest BCUT2D eigenvalue weighted by atomic mass is 10.0. The van der Waals surface area contributed by atoms with Gasteiger partial charge in [-0.05, 0) is 55.2 Å². The van der Waals surface area contributed by atoms with E-state index in [1.165, 1.54) is 6.07 Å². The zero-order valence-electron chi connectivity index (χ0n) is 16.6. The number of aromatic nitrogens is 2. The monoisotopic (exact) mass is 403 g/mol. The summed E-state index contributed by atoms with van der Waals surface area (Å²) in [5, 5.41) is 0.203. The third-order valence-electron chi connectivity index (χ3n) is 4.69. The standard InChI is InChI=1S/C21H26FN3O2S/c1-14(2)12-25-13-17(11-24-28(26,27)15(3)4)19-9-20(22)18(10-21(19)25)16-5-7-23-8-6-16/h5-10,13-15,24H,11-12H2,1-4H3. The van der Waals surface area contributed by atoms with Gasteiger partial charge >= 0.3 is 0 Å². The molecule has 3 aromatic rings. The number of hydrogen-bond donors (Lipinski definition) is 1. The first kappa shape index (κ1) is 20.5. The molecule has 3 rings (SSSR count). The van der Waals surface area contributed by atoms with Crippen LogP contribution in [0.3, 0.4) is 0 Å². The molecule has 1 N–H and O–H groups in total. The predicted octanol–water partition coefficient (Wildman–Crippen LogP) is 4.33. The summed E-state index contributed by atoms with van der Waals surface area (Å²) < 4.78 is 43.9. The first-order chi connectivity index (χ1) is 13.2. The summed E-state index contributed by atoms with van der Waals surface area (Å²) in [4.78, 5) is 3.99. The number of halogens is 1. The van der Waals surface area contributed by atoms with E-state index in [1.807, 2.05) is 12.3 Å². The second kappa shape index (κ2) is 8.01. The number of sulfonamides is 1. The Bertz CT molecular complexity index is 1070. The maximum atomic E-state index is 14.9. The Morgan fingerprint density at radius 3 is 2.43 bits per heavy atom. The predicted molar refractivity (Wildman–Crippen MR) is 111 cm³/mol. The SMILES string of the molecule is CC(C)Cn1cc(CNS(=O)(=O)C(C)C)c2cc(F)c(-c3ccncc3)cc21. The Balaban J connectivity index is 2.09. The van der Waals surface area contributed by atoms with E-state index < -0.39 is 15.3 Å². The van der Waals surface area contributed by atoms with Gasteiger partial charge in [0.15, 0.2) is 0 Å². The summed E-state index contributed by atoms with van der Waals surface area (Å²) >= 11 is 0. The second-order valence-electron chi connectivity index (χ2n) is 7.70. The minimum atomic E-state index is -3.40. The molecule has 0 aliphatic heterocycles. The fourth-order valence-electron chi connectivity index (χ4n) is 3.17. The van der Waals surface area contributed by atoms with Crippen LogP contribution in [0.15, 0.2) is 42.9 Å². The Morgan fingerprint density at radius 2 is 1.82 bits per heavy atom. The number of hydrogen-bond acceptors (Lipinski definition) is 3. The van der Waals surface area contributed by atoms with Gasteiger partial charge in [-0.15, -0.1) is 0 Å². The van der Waals surface area contributed by atoms with Crippen molar-refractivity contribution in [2.24, 2.45) is 5.92 Å². The first-order valence-corrected chi connectivity index (χ1v) is 10.9. The van der Waals surface area contributed by atoms with E-state index in [4.69, 9.17) is 0 Å². The molecule has 0 bridgehead atoms. The van der Waals surface area contributed by atoms with Crippen LogP contribution in [0.25, 0.3) is 22.0 Å². The molecule has 0 amide bonds. The highest BCUT2D eigenvalue weighted by Gasteiger charge is 2.19. The molecule has 150 valence electrons. The fraction of sp³-hybridized carbons (Fsp3) is 0.381. The first-order valence-electron chi connectivity index (χ1n) is 9.39. The highest BCUT2D eigenvalue weighted by Crippen LogP contribution is 2.31. The lowest BCUT2D eigenvalue weighted by Gasteiger charge is -2.10. The summed E-state index contributed by atoms with van der Waals surface area (Å²) in [7, 11) is -3.40. The summed E-state index contributed by atoms with van der Waals surface area (Å²) in [6.07, 6.45) is 5.19. The van der Waals surface area contributed by atoms with Crippen molar-refractivity contribution in [2.45, 2.75) is 46.0 Å². The van der Waals surface area contributed by atoms with Crippen LogP contribution in [0.2, 0.25) is 0 Å². The van der Waals surface area contributed by atoms with Gasteiger partial charge in [-0.25, -0.2) is 17.5 Å². The Hall–Kier alpha value is -2.25. The molecule has 0 aliphatic rings. The minimum absolute atomic E-state index is 0.135. The largest absolute Gasteiger partial charge is 0.347 e. The average molecular weight is 404 g/mol. The molecule has 2 heterocycles. The zero-order valence-corrected chi connectivity index (χ0v) is 17.4. The van der Waals surface area contributed by atoms with E-state index >= 15 is 0 Å². The molecule has 0 unspecified atom stereocenters. The van der Waals surface area contributed by atoms with Crippen LogP contribution < -0.4 is 4.72 Å². The van der Waals surface area contributed by atoms with Crippen molar-refractivity contribution >= 4 is 20.9 Å². The fourth-order valence-corrected chi connectivity index (χ4v) is 3.86. The van der Waals surface area contributed by atoms with Crippen LogP contribution in [0, 0.1) is 11.7 Å². The topological polar surface area (TPSA) is 64.0 Å². The quantitative estimate of drug-likeness (QED) is 0.639. The van der Waals surface area contributed by atoms with E-state index in [9.17, 15) is 12.8 Å². The van der Waals surface area contributed by atoms with E-state index in [0.29, 0.717) is 11.5 Å². The van der Waals surface area contributed by atoms with Gasteiger partial charge < -0.3 is 4.57 Å². The van der Waals surface area contributed by atoms with Gasteiger partial charge in [0, 0.05) is 48.1 Å². The van der Waals surface area contributed by atoms with Gasteiger partial charge in [0.05, 0.1) is 5.25 Å². The molecular weight excluding hydrogens is 377 g/mol. The number of fused-ring (bicyclic) bond motifs is 1. The van der Waals surface area contributed by atoms with Gasteiger partial charge in [-0.2, -0.15) is 0 Å². The van der Waals surface area contributed by atoms with Gasteiger partial charge in [0.2, 0.25) is 10.0 Å². The number of benzene rings is 1. The van der Waals surface area contributed by atoms with Crippen molar-refractivity contribution < 1.29 is 12.8 Å². The van der Waals surface area contributed by atoms with Crippen molar-refractivity contribution in [2.75, 3.05) is 0 Å². The maximum Gasteiger partial charge on any atom is 0.214 e. The van der Waals surface area contributed by atoms with Crippen LogP contribution in [-0.4, -0.2) is 23.2 Å². The maximum absolute atomic E-state index is 14.9. The van der Waals surface area contributed by atoms with Crippen LogP contribution in [-0.2, 0) is 23.1 Å². The Labute approximate surface area is 165 Å². The van der Waals surface area contributed by atoms with Crippen molar-refractivity contribution in [1.29, 1.82) is 0 Å². The smallest absolute Gasteiger partial charge is 0.214 e. The van der Waals surface area contributed by atoms with Crippen molar-refractivity contribution in [1.82, 2.24) is 14.3 Å². The lowest BCUT2D eigenvalue weighted by Crippen LogP contribution is -2.30. The number of nitrogens with one attached hydrogen (secondary N) is 1. The van der Waals surface area contributed by atoms with E-state index in [1.54, 1.807) is 38.4 Å². The molecular formula is C21H26FN3O2S. The van der Waals surface area contributed by atoms with Gasteiger partial charge in [-0.1, -0.05) is 13.8 Å². The summed E-state index contributed by atoms with van der Waals surface area (Å²) in [5.41, 5.74) is 2.92. The third-order valence-corrected chi connectivity index (χ3v) is 6.48. The third kappa shape index (κ3) is 4.25. The van der Waals surface area contributed by atoms with Gasteiger partial charge in [0.1, 0.15) is 5.82 Å². The molecule has 0 fully saturated rings. The number of nitrogens with zero attached hydrogens (tertiary/aromatic N) is 2. The molecule has 0 radical (unpaired) electrons. The number of pyridine rings is 1. The Kier molecular flexibility index (Phi) is 5.86. The lowest BCUT2D eigenvalue weighted by molar-refractivity contribution is 0.534. The van der Waals surface area contributed by atoms with Crippen molar-refractivity contribution in [3.63, 3.8) is 0 Å². The minimum Gasteiger partial charge on any atom is -0.347 e. The normalized spacial score (nSPS) is 12.4. The van der Waals surface area contributed by atoms with E-state index in [-0.39, 0.29) is 12.4 Å². The molecule has 2 aromatic heterocycles. The molecule has 5 nitrogen and oxygen atoms in total. The highest BCUT2D eigenvalue weighted by atomic mass is 32.2. The molecule has 0 saturated carbocycles. The highest BCUT2D eigenvalue weighted by molar-refractivity contribution is 7.90. The zero-order chi connectivity index (χ0) is 20.5. The van der Waals surface area contributed by atoms with Crippen molar-refractivity contribution in [3.05, 3.63) is 54.2 Å². The van der Waals surface area contributed by atoms with E-state index in [2.05, 4.69) is 28.1 Å². The molecule has 28 heavy (non-hydrogen) atoms. The number of rotatable bonds is 7. The molecule has 0 spiro atoms. The second-order valence-corrected chi connectivity index (χ2v) is 10.0. The summed E-state index contributed by atoms with van der Waals surface area (Å²) in [6.45, 7) is 8.38. The van der Waals surface area contributed by atoms with E-state index in [0.717, 1.165) is 28.6 Å².